The minimum Gasteiger partial charge on any atom is -0.480 e. The van der Waals surface area contributed by atoms with Crippen molar-refractivity contribution in [1.29, 1.82) is 0 Å². The molecule has 8 heteroatoms. The van der Waals surface area contributed by atoms with Gasteiger partial charge in [-0.1, -0.05) is 11.6 Å². The standard InChI is InChI=1S/C27H23ClFN5O/c1-16(2)31-22-15-26-24(14-21(22)32-20-5-4-12-30-27(20)35-3)33-23-13-18(29)8-11-25(23)34(26)19-9-6-17(28)7-10-19/h4-16,32H,1-3H3. The third-order valence-corrected chi connectivity index (χ3v) is 5.72. The van der Waals surface area contributed by atoms with Crippen LogP contribution in [0.25, 0.3) is 28.1 Å². The molecule has 0 spiro atoms. The number of nitrogens with one attached hydrogen (secondary N) is 1. The van der Waals surface area contributed by atoms with E-state index in [-0.39, 0.29) is 11.9 Å². The predicted molar refractivity (Wildman–Crippen MR) is 137 cm³/mol. The van der Waals surface area contributed by atoms with Crippen molar-refractivity contribution in [3.63, 3.8) is 0 Å². The Hall–Kier alpha value is -3.97. The van der Waals surface area contributed by atoms with E-state index in [2.05, 4.69) is 10.3 Å². The number of aromatic nitrogens is 3. The molecule has 1 aliphatic carbocycles. The van der Waals surface area contributed by atoms with Crippen molar-refractivity contribution in [1.82, 2.24) is 14.5 Å². The van der Waals surface area contributed by atoms with Crippen molar-refractivity contribution in [2.45, 2.75) is 19.9 Å². The number of methoxy groups -OCH3 is 1. The van der Waals surface area contributed by atoms with E-state index in [1.54, 1.807) is 19.4 Å². The van der Waals surface area contributed by atoms with Gasteiger partial charge >= 0.3 is 0 Å². The van der Waals surface area contributed by atoms with Crippen LogP contribution in [-0.2, 0) is 0 Å². The van der Waals surface area contributed by atoms with Gasteiger partial charge in [0.2, 0.25) is 5.88 Å². The van der Waals surface area contributed by atoms with Crippen molar-refractivity contribution >= 4 is 34.0 Å². The molecular formula is C27H23ClFN5O. The zero-order valence-corrected chi connectivity index (χ0v) is 20.2. The average molecular weight is 488 g/mol. The van der Waals surface area contributed by atoms with E-state index in [1.165, 1.54) is 12.1 Å². The molecule has 0 atom stereocenters. The molecule has 1 N–H and O–H groups in total. The summed E-state index contributed by atoms with van der Waals surface area (Å²) in [6.45, 7) is 4.04. The number of pyridine rings is 1. The predicted octanol–water partition coefficient (Wildman–Crippen LogP) is 6.38. The van der Waals surface area contributed by atoms with Gasteiger partial charge in [-0.25, -0.2) is 14.4 Å². The Balaban J connectivity index is 1.83. The SMILES string of the molecule is COc1ncccc1Nc1cc2nc3cc(F)ccc3n(-c3ccc(Cl)cc3)c-2cc1=NC(C)C. The maximum atomic E-state index is 14.2. The van der Waals surface area contributed by atoms with Crippen LogP contribution in [0.1, 0.15) is 13.8 Å². The summed E-state index contributed by atoms with van der Waals surface area (Å²) < 4.78 is 21.6. The van der Waals surface area contributed by atoms with Gasteiger partial charge in [-0.2, -0.15) is 0 Å². The van der Waals surface area contributed by atoms with E-state index < -0.39 is 0 Å². The van der Waals surface area contributed by atoms with Crippen LogP contribution in [0, 0.1) is 5.82 Å². The lowest BCUT2D eigenvalue weighted by Crippen LogP contribution is -2.16. The molecule has 2 aromatic carbocycles. The van der Waals surface area contributed by atoms with E-state index in [0.717, 1.165) is 27.9 Å². The monoisotopic (exact) mass is 487 g/mol. The number of fused-ring (bicyclic) bond motifs is 2. The first-order valence-corrected chi connectivity index (χ1v) is 11.5. The van der Waals surface area contributed by atoms with Crippen molar-refractivity contribution in [2.24, 2.45) is 4.99 Å². The Labute approximate surface area is 207 Å². The molecule has 0 radical (unpaired) electrons. The Morgan fingerprint density at radius 2 is 1.83 bits per heavy atom. The Kier molecular flexibility index (Phi) is 6.09. The van der Waals surface area contributed by atoms with Gasteiger partial charge in [0.25, 0.3) is 0 Å². The van der Waals surface area contributed by atoms with Crippen LogP contribution in [0.2, 0.25) is 5.02 Å². The summed E-state index contributed by atoms with van der Waals surface area (Å²) in [6, 6.07) is 19.8. The van der Waals surface area contributed by atoms with Gasteiger partial charge in [0.05, 0.1) is 40.6 Å². The normalized spacial score (nSPS) is 12.0. The van der Waals surface area contributed by atoms with E-state index in [4.69, 9.17) is 26.3 Å². The number of ether oxygens (including phenoxy) is 1. The fourth-order valence-corrected chi connectivity index (χ4v) is 4.14. The molecule has 5 rings (SSSR count). The number of benzene rings is 3. The molecule has 0 saturated heterocycles. The molecule has 1 aromatic heterocycles. The topological polar surface area (TPSA) is 64.3 Å². The molecular weight excluding hydrogens is 465 g/mol. The first-order chi connectivity index (χ1) is 16.9. The molecule has 0 fully saturated rings. The fraction of sp³-hybridized carbons (Fsp3) is 0.148. The number of halogens is 2. The minimum atomic E-state index is -0.350. The zero-order chi connectivity index (χ0) is 24.5. The maximum Gasteiger partial charge on any atom is 0.237 e. The molecule has 0 unspecified atom stereocenters. The first kappa shape index (κ1) is 22.8. The van der Waals surface area contributed by atoms with Gasteiger partial charge < -0.3 is 14.6 Å². The largest absolute Gasteiger partial charge is 0.480 e. The molecule has 176 valence electrons. The summed E-state index contributed by atoms with van der Waals surface area (Å²) in [6.07, 6.45) is 1.67. The van der Waals surface area contributed by atoms with Crippen LogP contribution in [-0.4, -0.2) is 27.7 Å². The number of nitrogens with zero attached hydrogens (tertiary/aromatic N) is 4. The average Bonchev–Trinajstić information content (AvgIpc) is 2.84. The van der Waals surface area contributed by atoms with Gasteiger partial charge in [-0.05, 0) is 74.5 Å². The van der Waals surface area contributed by atoms with Crippen LogP contribution < -0.4 is 15.4 Å². The molecule has 35 heavy (non-hydrogen) atoms. The van der Waals surface area contributed by atoms with Gasteiger partial charge in [0.1, 0.15) is 11.5 Å². The Morgan fingerprint density at radius 1 is 1.03 bits per heavy atom. The highest BCUT2D eigenvalue weighted by molar-refractivity contribution is 6.30. The van der Waals surface area contributed by atoms with E-state index in [1.807, 2.05) is 66.9 Å². The lowest BCUT2D eigenvalue weighted by Gasteiger charge is -2.20. The fourth-order valence-electron chi connectivity index (χ4n) is 4.02. The molecule has 6 nitrogen and oxygen atoms in total. The second-order valence-corrected chi connectivity index (χ2v) is 8.76. The van der Waals surface area contributed by atoms with Crippen molar-refractivity contribution in [3.05, 3.63) is 89.1 Å². The number of hydrogen-bond donors (Lipinski definition) is 1. The Morgan fingerprint density at radius 3 is 2.57 bits per heavy atom. The van der Waals surface area contributed by atoms with E-state index in [0.29, 0.717) is 27.8 Å². The van der Waals surface area contributed by atoms with Crippen LogP contribution in [0.4, 0.5) is 15.8 Å². The highest BCUT2D eigenvalue weighted by Gasteiger charge is 2.18. The van der Waals surface area contributed by atoms with Gasteiger partial charge in [0.15, 0.2) is 0 Å². The lowest BCUT2D eigenvalue weighted by atomic mass is 10.1. The summed E-state index contributed by atoms with van der Waals surface area (Å²) in [7, 11) is 1.57. The highest BCUT2D eigenvalue weighted by atomic mass is 35.5. The van der Waals surface area contributed by atoms with Gasteiger partial charge in [-0.15, -0.1) is 0 Å². The second-order valence-electron chi connectivity index (χ2n) is 8.32. The van der Waals surface area contributed by atoms with Crippen molar-refractivity contribution in [3.8, 4) is 23.0 Å². The maximum absolute atomic E-state index is 14.2. The second kappa shape index (κ2) is 9.35. The summed E-state index contributed by atoms with van der Waals surface area (Å²) in [5, 5.41) is 4.78. The number of hydrogen-bond acceptors (Lipinski definition) is 5. The van der Waals surface area contributed by atoms with Crippen LogP contribution in [0.3, 0.4) is 0 Å². The smallest absolute Gasteiger partial charge is 0.237 e. The Bertz CT molecular complexity index is 1560. The molecule has 2 heterocycles. The summed E-state index contributed by atoms with van der Waals surface area (Å²) in [5.74, 6) is 0.116. The van der Waals surface area contributed by atoms with E-state index in [9.17, 15) is 4.39 Å². The number of anilines is 2. The molecule has 0 amide bonds. The molecule has 0 bridgehead atoms. The summed E-state index contributed by atoms with van der Waals surface area (Å²) in [5.41, 5.74) is 5.12. The first-order valence-electron chi connectivity index (χ1n) is 11.1. The molecule has 0 saturated carbocycles. The molecule has 3 aromatic rings. The number of rotatable bonds is 5. The summed E-state index contributed by atoms with van der Waals surface area (Å²) in [4.78, 5) is 13.9. The zero-order valence-electron chi connectivity index (χ0n) is 19.5. The minimum absolute atomic E-state index is 0.0512. The summed E-state index contributed by atoms with van der Waals surface area (Å²) >= 11 is 6.15. The van der Waals surface area contributed by atoms with Crippen molar-refractivity contribution < 1.29 is 9.13 Å². The van der Waals surface area contributed by atoms with E-state index >= 15 is 0 Å². The quantitative estimate of drug-likeness (QED) is 0.292. The molecule has 1 aliphatic heterocycles. The van der Waals surface area contributed by atoms with Crippen molar-refractivity contribution in [2.75, 3.05) is 12.4 Å². The van der Waals surface area contributed by atoms with Gasteiger partial charge in [0, 0.05) is 29.0 Å². The van der Waals surface area contributed by atoms with Crippen LogP contribution in [0.5, 0.6) is 5.88 Å². The molecule has 2 aliphatic rings. The third-order valence-electron chi connectivity index (χ3n) is 5.47. The highest BCUT2D eigenvalue weighted by Crippen LogP contribution is 2.32. The van der Waals surface area contributed by atoms with Crippen LogP contribution >= 0.6 is 11.6 Å². The van der Waals surface area contributed by atoms with Gasteiger partial charge in [-0.3, -0.25) is 4.99 Å². The third kappa shape index (κ3) is 4.55. The van der Waals surface area contributed by atoms with Crippen LogP contribution in [0.15, 0.2) is 77.9 Å². The lowest BCUT2D eigenvalue weighted by molar-refractivity contribution is 0.400.